The van der Waals surface area contributed by atoms with E-state index in [4.69, 9.17) is 9.84 Å². The molecule has 0 unspecified atom stereocenters. The molecule has 0 spiro atoms. The van der Waals surface area contributed by atoms with Gasteiger partial charge in [0.15, 0.2) is 0 Å². The standard InChI is InChI=1S/C24H27N3O2/c1-3-15-26(16-18-13-14-18)24(28)21-17-27(19-9-5-4-6-10-19)25-23(21)20-11-7-8-12-22(20)29-2/h4-12,17-18H,3,13-16H2,1-2H3. The summed E-state index contributed by atoms with van der Waals surface area (Å²) in [7, 11) is 1.64. The lowest BCUT2D eigenvalue weighted by Gasteiger charge is -2.22. The van der Waals surface area contributed by atoms with Crippen molar-refractivity contribution in [3.8, 4) is 22.7 Å². The number of nitrogens with zero attached hydrogens (tertiary/aromatic N) is 3. The van der Waals surface area contributed by atoms with E-state index in [1.807, 2.05) is 65.7 Å². The minimum Gasteiger partial charge on any atom is -0.496 e. The van der Waals surface area contributed by atoms with Crippen molar-refractivity contribution in [1.82, 2.24) is 14.7 Å². The number of rotatable bonds is 8. The number of methoxy groups -OCH3 is 1. The van der Waals surface area contributed by atoms with Crippen LogP contribution < -0.4 is 4.74 Å². The van der Waals surface area contributed by atoms with Gasteiger partial charge in [0.1, 0.15) is 11.4 Å². The molecule has 1 heterocycles. The maximum atomic E-state index is 13.6. The van der Waals surface area contributed by atoms with Crippen molar-refractivity contribution in [3.63, 3.8) is 0 Å². The van der Waals surface area contributed by atoms with Gasteiger partial charge in [-0.15, -0.1) is 0 Å². The summed E-state index contributed by atoms with van der Waals surface area (Å²) < 4.78 is 7.35. The Bertz CT molecular complexity index is 977. The number of hydrogen-bond donors (Lipinski definition) is 0. The van der Waals surface area contributed by atoms with Gasteiger partial charge in [0, 0.05) is 24.8 Å². The van der Waals surface area contributed by atoms with Crippen LogP contribution in [-0.4, -0.2) is 40.8 Å². The maximum absolute atomic E-state index is 13.6. The highest BCUT2D eigenvalue weighted by atomic mass is 16.5. The molecule has 5 heteroatoms. The molecule has 1 fully saturated rings. The van der Waals surface area contributed by atoms with Crippen LogP contribution >= 0.6 is 0 Å². The second-order valence-electron chi connectivity index (χ2n) is 7.57. The first-order valence-electron chi connectivity index (χ1n) is 10.3. The fourth-order valence-corrected chi connectivity index (χ4v) is 3.61. The van der Waals surface area contributed by atoms with E-state index >= 15 is 0 Å². The lowest BCUT2D eigenvalue weighted by molar-refractivity contribution is 0.0748. The van der Waals surface area contributed by atoms with Crippen molar-refractivity contribution in [2.75, 3.05) is 20.2 Å². The van der Waals surface area contributed by atoms with Crippen LogP contribution in [0.2, 0.25) is 0 Å². The Balaban J connectivity index is 1.80. The third kappa shape index (κ3) is 4.19. The van der Waals surface area contributed by atoms with Crippen LogP contribution in [0.15, 0.2) is 60.8 Å². The zero-order chi connectivity index (χ0) is 20.2. The monoisotopic (exact) mass is 389 g/mol. The van der Waals surface area contributed by atoms with Crippen LogP contribution in [0.25, 0.3) is 16.9 Å². The van der Waals surface area contributed by atoms with Gasteiger partial charge in [-0.1, -0.05) is 37.3 Å². The smallest absolute Gasteiger partial charge is 0.257 e. The molecule has 0 radical (unpaired) electrons. The number of benzene rings is 2. The second-order valence-corrected chi connectivity index (χ2v) is 7.57. The number of carbonyl (C=O) groups excluding carboxylic acids is 1. The normalized spacial score (nSPS) is 13.3. The molecule has 29 heavy (non-hydrogen) atoms. The molecule has 1 saturated carbocycles. The van der Waals surface area contributed by atoms with Crippen molar-refractivity contribution >= 4 is 5.91 Å². The van der Waals surface area contributed by atoms with Crippen LogP contribution in [0.3, 0.4) is 0 Å². The first kappa shape index (κ1) is 19.2. The summed E-state index contributed by atoms with van der Waals surface area (Å²) in [5, 5.41) is 4.81. The summed E-state index contributed by atoms with van der Waals surface area (Å²) in [5.41, 5.74) is 3.03. The van der Waals surface area contributed by atoms with E-state index in [1.54, 1.807) is 11.8 Å². The minimum absolute atomic E-state index is 0.0434. The molecule has 5 nitrogen and oxygen atoms in total. The summed E-state index contributed by atoms with van der Waals surface area (Å²) in [6.07, 6.45) is 5.23. The summed E-state index contributed by atoms with van der Waals surface area (Å²) in [6, 6.07) is 17.6. The molecule has 0 bridgehead atoms. The van der Waals surface area contributed by atoms with Crippen LogP contribution in [0.4, 0.5) is 0 Å². The molecule has 1 amide bonds. The lowest BCUT2D eigenvalue weighted by atomic mass is 10.1. The van der Waals surface area contributed by atoms with Crippen molar-refractivity contribution in [2.45, 2.75) is 26.2 Å². The van der Waals surface area contributed by atoms with Gasteiger partial charge in [-0.3, -0.25) is 4.79 Å². The lowest BCUT2D eigenvalue weighted by Crippen LogP contribution is -2.33. The van der Waals surface area contributed by atoms with Crippen LogP contribution in [0.1, 0.15) is 36.5 Å². The summed E-state index contributed by atoms with van der Waals surface area (Å²) in [6.45, 7) is 3.70. The highest BCUT2D eigenvalue weighted by Crippen LogP contribution is 2.34. The van der Waals surface area contributed by atoms with Gasteiger partial charge in [-0.05, 0) is 49.4 Å². The second kappa shape index (κ2) is 8.52. The Kier molecular flexibility index (Phi) is 5.65. The molecule has 1 aliphatic rings. The first-order chi connectivity index (χ1) is 14.2. The minimum atomic E-state index is 0.0434. The van der Waals surface area contributed by atoms with E-state index in [0.717, 1.165) is 30.8 Å². The van der Waals surface area contributed by atoms with E-state index in [-0.39, 0.29) is 5.91 Å². The molecule has 1 aromatic heterocycles. The maximum Gasteiger partial charge on any atom is 0.257 e. The molecule has 3 aromatic rings. The molecule has 0 atom stereocenters. The average Bonchev–Trinajstić information content (AvgIpc) is 3.48. The van der Waals surface area contributed by atoms with Crippen LogP contribution in [-0.2, 0) is 0 Å². The SMILES string of the molecule is CCCN(CC1CC1)C(=O)c1cn(-c2ccccc2)nc1-c1ccccc1OC. The quantitative estimate of drug-likeness (QED) is 0.555. The first-order valence-corrected chi connectivity index (χ1v) is 10.3. The van der Waals surface area contributed by atoms with Gasteiger partial charge in [-0.25, -0.2) is 4.68 Å². The van der Waals surface area contributed by atoms with Crippen molar-refractivity contribution in [3.05, 3.63) is 66.4 Å². The Morgan fingerprint density at radius 2 is 1.86 bits per heavy atom. The molecule has 0 aliphatic heterocycles. The van der Waals surface area contributed by atoms with Gasteiger partial charge in [0.05, 0.1) is 18.4 Å². The summed E-state index contributed by atoms with van der Waals surface area (Å²) in [4.78, 5) is 15.6. The predicted molar refractivity (Wildman–Crippen MR) is 114 cm³/mol. The summed E-state index contributed by atoms with van der Waals surface area (Å²) in [5.74, 6) is 1.40. The number of para-hydroxylation sites is 2. The van der Waals surface area contributed by atoms with E-state index in [9.17, 15) is 4.79 Å². The van der Waals surface area contributed by atoms with E-state index < -0.39 is 0 Å². The third-order valence-corrected chi connectivity index (χ3v) is 5.28. The highest BCUT2D eigenvalue weighted by Gasteiger charge is 2.29. The molecule has 0 saturated heterocycles. The molecule has 0 N–H and O–H groups in total. The topological polar surface area (TPSA) is 47.4 Å². The molecule has 2 aromatic carbocycles. The van der Waals surface area contributed by atoms with Crippen molar-refractivity contribution in [1.29, 1.82) is 0 Å². The number of carbonyl (C=O) groups is 1. The number of amides is 1. The van der Waals surface area contributed by atoms with Crippen molar-refractivity contribution < 1.29 is 9.53 Å². The Morgan fingerprint density at radius 3 is 2.55 bits per heavy atom. The van der Waals surface area contributed by atoms with Crippen LogP contribution in [0.5, 0.6) is 5.75 Å². The van der Waals surface area contributed by atoms with Gasteiger partial charge in [0.2, 0.25) is 0 Å². The predicted octanol–water partition coefficient (Wildman–Crippen LogP) is 4.81. The van der Waals surface area contributed by atoms with Gasteiger partial charge in [0.25, 0.3) is 5.91 Å². The van der Waals surface area contributed by atoms with E-state index in [2.05, 4.69) is 6.92 Å². The largest absolute Gasteiger partial charge is 0.496 e. The molecule has 1 aliphatic carbocycles. The summed E-state index contributed by atoms with van der Waals surface area (Å²) >= 11 is 0. The number of hydrogen-bond acceptors (Lipinski definition) is 3. The van der Waals surface area contributed by atoms with E-state index in [0.29, 0.717) is 22.9 Å². The zero-order valence-electron chi connectivity index (χ0n) is 17.0. The fraction of sp³-hybridized carbons (Fsp3) is 0.333. The molecular weight excluding hydrogens is 362 g/mol. The zero-order valence-corrected chi connectivity index (χ0v) is 17.0. The van der Waals surface area contributed by atoms with Gasteiger partial charge in [-0.2, -0.15) is 5.10 Å². The molecular formula is C24H27N3O2. The van der Waals surface area contributed by atoms with E-state index in [1.165, 1.54) is 12.8 Å². The van der Waals surface area contributed by atoms with Gasteiger partial charge < -0.3 is 9.64 Å². The number of aromatic nitrogens is 2. The Morgan fingerprint density at radius 1 is 1.14 bits per heavy atom. The number of ether oxygens (including phenoxy) is 1. The Labute approximate surface area is 171 Å². The fourth-order valence-electron chi connectivity index (χ4n) is 3.61. The van der Waals surface area contributed by atoms with Crippen LogP contribution in [0, 0.1) is 5.92 Å². The highest BCUT2D eigenvalue weighted by molar-refractivity contribution is 6.00. The third-order valence-electron chi connectivity index (χ3n) is 5.28. The molecule has 4 rings (SSSR count). The average molecular weight is 389 g/mol. The van der Waals surface area contributed by atoms with Crippen molar-refractivity contribution in [2.24, 2.45) is 5.92 Å². The van der Waals surface area contributed by atoms with Gasteiger partial charge >= 0.3 is 0 Å². The molecule has 150 valence electrons. The Hall–Kier alpha value is -3.08.